The summed E-state index contributed by atoms with van der Waals surface area (Å²) in [6, 6.07) is 13.9. The standard InChI is InChI=1S/C17H13ClFN3OS/c18-13-4-2-1-3-12(13)15-17(23-15,9-14-20-16(24)22-21-14)10-5-7-11(19)8-6-10/h1-8,15H,9H2,(H2,20,21,22,24). The molecule has 1 fully saturated rings. The van der Waals surface area contributed by atoms with E-state index in [0.29, 0.717) is 22.0 Å². The van der Waals surface area contributed by atoms with Gasteiger partial charge in [0.15, 0.2) is 0 Å². The molecule has 0 bridgehead atoms. The minimum absolute atomic E-state index is 0.227. The van der Waals surface area contributed by atoms with E-state index in [1.165, 1.54) is 12.1 Å². The van der Waals surface area contributed by atoms with Gasteiger partial charge in [0.2, 0.25) is 4.77 Å². The molecule has 1 aliphatic rings. The first kappa shape index (κ1) is 15.5. The average molecular weight is 362 g/mol. The Bertz CT molecular complexity index is 939. The molecule has 4 nitrogen and oxygen atoms in total. The molecule has 7 heteroatoms. The van der Waals surface area contributed by atoms with Gasteiger partial charge in [-0.15, -0.1) is 0 Å². The maximum Gasteiger partial charge on any atom is 0.213 e. The molecule has 2 heterocycles. The first-order chi connectivity index (χ1) is 11.6. The Hall–Kier alpha value is -2.02. The van der Waals surface area contributed by atoms with Crippen LogP contribution in [0.2, 0.25) is 5.02 Å². The number of ether oxygens (including phenoxy) is 1. The molecular weight excluding hydrogens is 349 g/mol. The minimum Gasteiger partial charge on any atom is -0.355 e. The summed E-state index contributed by atoms with van der Waals surface area (Å²) in [6.45, 7) is 0. The second-order valence-electron chi connectivity index (χ2n) is 5.71. The number of rotatable bonds is 4. The number of aromatic nitrogens is 3. The summed E-state index contributed by atoms with van der Waals surface area (Å²) in [5.74, 6) is 0.391. The van der Waals surface area contributed by atoms with Gasteiger partial charge in [0.1, 0.15) is 23.3 Å². The topological polar surface area (TPSA) is 57.0 Å². The summed E-state index contributed by atoms with van der Waals surface area (Å²) >= 11 is 11.3. The second-order valence-corrected chi connectivity index (χ2v) is 6.50. The van der Waals surface area contributed by atoms with E-state index >= 15 is 0 Å². The first-order valence-corrected chi connectivity index (χ1v) is 8.19. The van der Waals surface area contributed by atoms with E-state index in [-0.39, 0.29) is 11.9 Å². The normalized spacial score (nSPS) is 22.5. The Morgan fingerprint density at radius 3 is 2.58 bits per heavy atom. The van der Waals surface area contributed by atoms with E-state index in [9.17, 15) is 4.39 Å². The quantitative estimate of drug-likeness (QED) is 0.532. The number of benzene rings is 2. The molecule has 0 aliphatic carbocycles. The summed E-state index contributed by atoms with van der Waals surface area (Å²) in [6.07, 6.45) is 0.247. The molecule has 4 rings (SSSR count). The number of nitrogens with zero attached hydrogens (tertiary/aromatic N) is 1. The predicted octanol–water partition coefficient (Wildman–Crippen LogP) is 4.47. The highest BCUT2D eigenvalue weighted by atomic mass is 35.5. The molecule has 1 aromatic heterocycles. The third-order valence-electron chi connectivity index (χ3n) is 4.20. The van der Waals surface area contributed by atoms with E-state index in [1.807, 2.05) is 24.3 Å². The SMILES string of the molecule is Fc1ccc(C2(Cc3nc(=S)[nH][nH]3)OC2c2ccccc2Cl)cc1. The predicted molar refractivity (Wildman–Crippen MR) is 90.8 cm³/mol. The molecular formula is C17H13ClFN3OS. The van der Waals surface area contributed by atoms with Gasteiger partial charge in [-0.25, -0.2) is 9.37 Å². The summed E-state index contributed by atoms with van der Waals surface area (Å²) in [5, 5.41) is 6.36. The van der Waals surface area contributed by atoms with Crippen molar-refractivity contribution in [2.24, 2.45) is 0 Å². The zero-order valence-corrected chi connectivity index (χ0v) is 14.0. The number of aromatic amines is 2. The Labute approximate surface area is 147 Å². The summed E-state index contributed by atoms with van der Waals surface area (Å²) in [5.41, 5.74) is 1.13. The first-order valence-electron chi connectivity index (χ1n) is 7.40. The monoisotopic (exact) mass is 361 g/mol. The van der Waals surface area contributed by atoms with Crippen LogP contribution in [0.1, 0.15) is 23.1 Å². The van der Waals surface area contributed by atoms with Gasteiger partial charge in [-0.3, -0.25) is 10.2 Å². The summed E-state index contributed by atoms with van der Waals surface area (Å²) < 4.78 is 19.8. The fourth-order valence-corrected chi connectivity index (χ4v) is 3.40. The van der Waals surface area contributed by atoms with E-state index in [4.69, 9.17) is 28.6 Å². The highest BCUT2D eigenvalue weighted by Gasteiger charge is 2.59. The molecule has 0 saturated carbocycles. The van der Waals surface area contributed by atoms with Crippen LogP contribution in [0.4, 0.5) is 4.39 Å². The zero-order valence-electron chi connectivity index (χ0n) is 12.4. The van der Waals surface area contributed by atoms with Gasteiger partial charge in [-0.05, 0) is 36.0 Å². The largest absolute Gasteiger partial charge is 0.355 e. The molecule has 1 aliphatic heterocycles. The number of hydrogen-bond acceptors (Lipinski definition) is 3. The number of hydrogen-bond donors (Lipinski definition) is 2. The molecule has 2 aromatic carbocycles. The Morgan fingerprint density at radius 1 is 1.17 bits per heavy atom. The van der Waals surface area contributed by atoms with Crippen LogP contribution in [-0.4, -0.2) is 15.2 Å². The van der Waals surface area contributed by atoms with Gasteiger partial charge >= 0.3 is 0 Å². The maximum atomic E-state index is 13.3. The molecule has 1 saturated heterocycles. The van der Waals surface area contributed by atoms with E-state index in [0.717, 1.165) is 11.1 Å². The Morgan fingerprint density at radius 2 is 1.92 bits per heavy atom. The van der Waals surface area contributed by atoms with Gasteiger partial charge in [-0.1, -0.05) is 41.9 Å². The summed E-state index contributed by atoms with van der Waals surface area (Å²) in [7, 11) is 0. The van der Waals surface area contributed by atoms with Crippen molar-refractivity contribution in [1.82, 2.24) is 15.2 Å². The lowest BCUT2D eigenvalue weighted by atomic mass is 9.88. The lowest BCUT2D eigenvalue weighted by molar-refractivity contribution is 0.291. The fourth-order valence-electron chi connectivity index (χ4n) is 3.00. The highest BCUT2D eigenvalue weighted by Crippen LogP contribution is 2.59. The lowest BCUT2D eigenvalue weighted by Gasteiger charge is -2.13. The molecule has 0 amide bonds. The smallest absolute Gasteiger partial charge is 0.213 e. The van der Waals surface area contributed by atoms with Crippen molar-refractivity contribution < 1.29 is 9.13 Å². The summed E-state index contributed by atoms with van der Waals surface area (Å²) in [4.78, 5) is 4.25. The van der Waals surface area contributed by atoms with Gasteiger partial charge < -0.3 is 4.74 Å². The van der Waals surface area contributed by atoms with Gasteiger partial charge in [-0.2, -0.15) is 0 Å². The molecule has 2 N–H and O–H groups in total. The van der Waals surface area contributed by atoms with Gasteiger partial charge in [0, 0.05) is 17.0 Å². The Balaban J connectivity index is 1.75. The number of H-pyrrole nitrogens is 2. The van der Waals surface area contributed by atoms with E-state index < -0.39 is 5.60 Å². The van der Waals surface area contributed by atoms with E-state index in [2.05, 4.69) is 15.2 Å². The van der Waals surface area contributed by atoms with Crippen LogP contribution < -0.4 is 0 Å². The van der Waals surface area contributed by atoms with Crippen molar-refractivity contribution in [2.45, 2.75) is 18.1 Å². The van der Waals surface area contributed by atoms with Crippen molar-refractivity contribution in [2.75, 3.05) is 0 Å². The molecule has 2 unspecified atom stereocenters. The second kappa shape index (κ2) is 5.81. The molecule has 0 spiro atoms. The van der Waals surface area contributed by atoms with Crippen molar-refractivity contribution in [3.05, 3.63) is 81.1 Å². The third-order valence-corrected chi connectivity index (χ3v) is 4.73. The third kappa shape index (κ3) is 2.66. The van der Waals surface area contributed by atoms with Crippen LogP contribution in [0.3, 0.4) is 0 Å². The Kier molecular flexibility index (Phi) is 3.75. The van der Waals surface area contributed by atoms with Crippen molar-refractivity contribution in [3.8, 4) is 0 Å². The average Bonchev–Trinajstić information content (AvgIpc) is 3.14. The van der Waals surface area contributed by atoms with Crippen LogP contribution in [0.5, 0.6) is 0 Å². The van der Waals surface area contributed by atoms with Crippen LogP contribution in [-0.2, 0) is 16.8 Å². The number of epoxide rings is 1. The highest BCUT2D eigenvalue weighted by molar-refractivity contribution is 7.71. The molecule has 2 atom stereocenters. The van der Waals surface area contributed by atoms with Crippen molar-refractivity contribution in [3.63, 3.8) is 0 Å². The van der Waals surface area contributed by atoms with Crippen LogP contribution in [0, 0.1) is 10.6 Å². The van der Waals surface area contributed by atoms with Crippen LogP contribution in [0.25, 0.3) is 0 Å². The fraction of sp³-hybridized carbons (Fsp3) is 0.176. The van der Waals surface area contributed by atoms with E-state index in [1.54, 1.807) is 12.1 Å². The molecule has 3 aromatic rings. The van der Waals surface area contributed by atoms with Crippen molar-refractivity contribution in [1.29, 1.82) is 0 Å². The number of nitrogens with one attached hydrogen (secondary N) is 2. The number of halogens is 2. The lowest BCUT2D eigenvalue weighted by Crippen LogP contribution is -2.15. The minimum atomic E-state index is -0.647. The van der Waals surface area contributed by atoms with Crippen LogP contribution >= 0.6 is 23.8 Å². The zero-order chi connectivity index (χ0) is 16.7. The molecule has 0 radical (unpaired) electrons. The molecule has 122 valence electrons. The van der Waals surface area contributed by atoms with Gasteiger partial charge in [0.05, 0.1) is 0 Å². The maximum absolute atomic E-state index is 13.3. The van der Waals surface area contributed by atoms with Crippen molar-refractivity contribution >= 4 is 23.8 Å². The van der Waals surface area contributed by atoms with Crippen LogP contribution in [0.15, 0.2) is 48.5 Å². The van der Waals surface area contributed by atoms with Gasteiger partial charge in [0.25, 0.3) is 0 Å². The molecule has 24 heavy (non-hydrogen) atoms.